The number of carbonyl (C=O) groups is 8. The van der Waals surface area contributed by atoms with Crippen LogP contribution in [-0.2, 0) is 44.9 Å². The molecule has 0 aliphatic carbocycles. The number of amides is 7. The van der Waals surface area contributed by atoms with Crippen molar-refractivity contribution in [2.24, 2.45) is 11.1 Å². The lowest BCUT2D eigenvalue weighted by Crippen LogP contribution is -2.52. The zero-order valence-corrected chi connectivity index (χ0v) is 28.0. The number of benzene rings is 1. The summed E-state index contributed by atoms with van der Waals surface area (Å²) in [6.45, 7) is 5.59. The van der Waals surface area contributed by atoms with E-state index in [9.17, 15) is 43.5 Å². The van der Waals surface area contributed by atoms with Crippen LogP contribution in [0.1, 0.15) is 77.7 Å². The Bertz CT molecular complexity index is 1390. The molecule has 0 saturated carbocycles. The first-order valence-electron chi connectivity index (χ1n) is 16.0. The molecule has 2 atom stereocenters. The number of aliphatic carboxylic acids is 1. The number of carboxylic acids is 1. The normalized spacial score (nSPS) is 13.7. The van der Waals surface area contributed by atoms with Crippen LogP contribution in [0.3, 0.4) is 0 Å². The Morgan fingerprint density at radius 1 is 0.837 bits per heavy atom. The molecular weight excluding hydrogens is 640 g/mol. The van der Waals surface area contributed by atoms with Crippen LogP contribution >= 0.6 is 0 Å². The van der Waals surface area contributed by atoms with Crippen LogP contribution in [-0.4, -0.2) is 82.7 Å². The van der Waals surface area contributed by atoms with E-state index in [1.165, 1.54) is 12.2 Å². The summed E-state index contributed by atoms with van der Waals surface area (Å²) in [5.74, 6) is -4.22. The predicted octanol–water partition coefficient (Wildman–Crippen LogP) is 1.48. The Hall–Kier alpha value is -5.28. The number of carbonyl (C=O) groups excluding carboxylic acids is 7. The quantitative estimate of drug-likeness (QED) is 0.0655. The van der Waals surface area contributed by atoms with E-state index >= 15 is 0 Å². The number of urea groups is 1. The molecule has 16 heteroatoms. The van der Waals surface area contributed by atoms with Crippen LogP contribution in [0.4, 0.5) is 10.5 Å². The monoisotopic (exact) mass is 686 g/mol. The Morgan fingerprint density at radius 3 is 2.06 bits per heavy atom. The molecular formula is C33H46N6O10. The zero-order valence-electron chi connectivity index (χ0n) is 28.0. The average molecular weight is 687 g/mol. The molecule has 0 saturated heterocycles. The van der Waals surface area contributed by atoms with Crippen molar-refractivity contribution >= 4 is 53.2 Å². The number of imide groups is 1. The first kappa shape index (κ1) is 39.9. The van der Waals surface area contributed by atoms with Gasteiger partial charge in [0, 0.05) is 43.8 Å². The zero-order chi connectivity index (χ0) is 36.6. The number of rotatable bonds is 20. The average Bonchev–Trinajstić information content (AvgIpc) is 3.35. The van der Waals surface area contributed by atoms with Crippen molar-refractivity contribution in [1.29, 1.82) is 0 Å². The van der Waals surface area contributed by atoms with Crippen LogP contribution in [0.5, 0.6) is 0 Å². The van der Waals surface area contributed by atoms with Gasteiger partial charge in [0.25, 0.3) is 11.8 Å². The first-order valence-corrected chi connectivity index (χ1v) is 16.0. The van der Waals surface area contributed by atoms with Gasteiger partial charge in [0.1, 0.15) is 18.7 Å². The van der Waals surface area contributed by atoms with Crippen molar-refractivity contribution in [3.8, 4) is 0 Å². The van der Waals surface area contributed by atoms with E-state index in [-0.39, 0.29) is 63.2 Å². The van der Waals surface area contributed by atoms with Gasteiger partial charge in [0.2, 0.25) is 17.7 Å². The fraction of sp³-hybridized carbons (Fsp3) is 0.515. The molecule has 0 fully saturated rings. The molecule has 7 amide bonds. The summed E-state index contributed by atoms with van der Waals surface area (Å²) < 4.78 is 5.30. The van der Waals surface area contributed by atoms with Crippen molar-refractivity contribution in [1.82, 2.24) is 20.9 Å². The maximum absolute atomic E-state index is 13.3. The minimum absolute atomic E-state index is 0.00506. The largest absolute Gasteiger partial charge is 0.481 e. The second-order valence-electron chi connectivity index (χ2n) is 12.5. The van der Waals surface area contributed by atoms with Crippen LogP contribution in [0.2, 0.25) is 0 Å². The van der Waals surface area contributed by atoms with Crippen molar-refractivity contribution in [2.75, 3.05) is 18.4 Å². The number of hydrogen-bond acceptors (Lipinski definition) is 9. The van der Waals surface area contributed by atoms with E-state index in [2.05, 4.69) is 21.3 Å². The van der Waals surface area contributed by atoms with Gasteiger partial charge in [-0.2, -0.15) is 0 Å². The summed E-state index contributed by atoms with van der Waals surface area (Å²) in [6, 6.07) is 3.36. The Morgan fingerprint density at radius 2 is 1.47 bits per heavy atom. The molecule has 1 aliphatic heterocycles. The SMILES string of the molecule is CC(C)(C)C(=O)OCc1ccc(NC(=O)[C@H](CCCNC(N)=O)NC(=O)[C@H](CCC(=O)O)NC(=O)CCCCCN2C(=O)C=CC2=O)cc1. The fourth-order valence-electron chi connectivity index (χ4n) is 4.52. The molecule has 0 aromatic heterocycles. The van der Waals surface area contributed by atoms with E-state index in [0.29, 0.717) is 30.5 Å². The summed E-state index contributed by atoms with van der Waals surface area (Å²) >= 11 is 0. The van der Waals surface area contributed by atoms with Gasteiger partial charge in [0.05, 0.1) is 5.41 Å². The lowest BCUT2D eigenvalue weighted by molar-refractivity contribution is -0.154. The topological polar surface area (TPSA) is 243 Å². The summed E-state index contributed by atoms with van der Waals surface area (Å²) in [6.07, 6.45) is 3.41. The van der Waals surface area contributed by atoms with Crippen LogP contribution in [0, 0.1) is 5.41 Å². The van der Waals surface area contributed by atoms with Gasteiger partial charge in [-0.05, 0) is 70.6 Å². The van der Waals surface area contributed by atoms with Crippen molar-refractivity contribution in [2.45, 2.75) is 90.8 Å². The van der Waals surface area contributed by atoms with Crippen molar-refractivity contribution < 1.29 is 48.2 Å². The Balaban J connectivity index is 2.01. The number of hydrogen-bond donors (Lipinski definition) is 6. The molecule has 0 spiro atoms. The third-order valence-corrected chi connectivity index (χ3v) is 7.29. The van der Waals surface area contributed by atoms with Crippen LogP contribution < -0.4 is 27.0 Å². The molecule has 0 bridgehead atoms. The van der Waals surface area contributed by atoms with E-state index in [4.69, 9.17) is 10.5 Å². The number of anilines is 1. The van der Waals surface area contributed by atoms with E-state index in [1.54, 1.807) is 45.0 Å². The minimum atomic E-state index is -1.26. The highest BCUT2D eigenvalue weighted by Crippen LogP contribution is 2.18. The molecule has 1 aromatic carbocycles. The number of unbranched alkanes of at least 4 members (excludes halogenated alkanes) is 2. The summed E-state index contributed by atoms with van der Waals surface area (Å²) in [7, 11) is 0. The molecule has 1 aliphatic rings. The Labute approximate surface area is 284 Å². The van der Waals surface area contributed by atoms with E-state index in [0.717, 1.165) is 4.90 Å². The fourth-order valence-corrected chi connectivity index (χ4v) is 4.52. The highest BCUT2D eigenvalue weighted by molar-refractivity contribution is 6.12. The van der Waals surface area contributed by atoms with Gasteiger partial charge in [0.15, 0.2) is 0 Å². The van der Waals surface area contributed by atoms with Gasteiger partial charge in [-0.15, -0.1) is 0 Å². The highest BCUT2D eigenvalue weighted by atomic mass is 16.5. The number of ether oxygens (including phenoxy) is 1. The van der Waals surface area contributed by atoms with E-state index in [1.807, 2.05) is 0 Å². The maximum atomic E-state index is 13.3. The van der Waals surface area contributed by atoms with Crippen molar-refractivity contribution in [3.05, 3.63) is 42.0 Å². The molecule has 1 aromatic rings. The molecule has 2 rings (SSSR count). The molecule has 7 N–H and O–H groups in total. The Kier molecular flexibility index (Phi) is 15.9. The van der Waals surface area contributed by atoms with Gasteiger partial charge < -0.3 is 36.8 Å². The predicted molar refractivity (Wildman–Crippen MR) is 176 cm³/mol. The smallest absolute Gasteiger partial charge is 0.312 e. The number of primary amides is 1. The number of nitrogens with zero attached hydrogens (tertiary/aromatic N) is 1. The molecule has 1 heterocycles. The molecule has 0 unspecified atom stereocenters. The summed E-state index contributed by atoms with van der Waals surface area (Å²) in [4.78, 5) is 98.1. The standard InChI is InChI=1S/C33H46N6O10/c1-33(2,3)31(47)49-20-21-10-12-22(13-11-21)36-29(45)23(8-7-18-35-32(34)48)38-30(46)24(14-17-28(43)44)37-25(40)9-5-4-6-19-39-26(41)15-16-27(39)42/h10-13,15-16,23-24H,4-9,14,17-20H2,1-3H3,(H,36,45)(H,37,40)(H,38,46)(H,43,44)(H3,34,35,48)/t23-,24-/m0/s1. The molecule has 0 radical (unpaired) electrons. The third-order valence-electron chi connectivity index (χ3n) is 7.29. The second kappa shape index (κ2) is 19.5. The number of esters is 1. The lowest BCUT2D eigenvalue weighted by atomic mass is 9.97. The summed E-state index contributed by atoms with van der Waals surface area (Å²) in [5.41, 5.74) is 5.52. The van der Waals surface area contributed by atoms with Gasteiger partial charge in [-0.25, -0.2) is 4.79 Å². The van der Waals surface area contributed by atoms with Crippen LogP contribution in [0.25, 0.3) is 0 Å². The first-order chi connectivity index (χ1) is 23.1. The maximum Gasteiger partial charge on any atom is 0.312 e. The van der Waals surface area contributed by atoms with E-state index < -0.39 is 53.6 Å². The number of nitrogens with one attached hydrogen (secondary N) is 4. The molecule has 16 nitrogen and oxygen atoms in total. The number of nitrogens with two attached hydrogens (primary N) is 1. The summed E-state index contributed by atoms with van der Waals surface area (Å²) in [5, 5.41) is 19.5. The minimum Gasteiger partial charge on any atom is -0.481 e. The van der Waals surface area contributed by atoms with Crippen LogP contribution in [0.15, 0.2) is 36.4 Å². The van der Waals surface area contributed by atoms with Gasteiger partial charge in [-0.3, -0.25) is 38.5 Å². The van der Waals surface area contributed by atoms with Gasteiger partial charge >= 0.3 is 18.0 Å². The van der Waals surface area contributed by atoms with Gasteiger partial charge in [-0.1, -0.05) is 18.6 Å². The molecule has 268 valence electrons. The highest BCUT2D eigenvalue weighted by Gasteiger charge is 2.28. The molecule has 49 heavy (non-hydrogen) atoms. The van der Waals surface area contributed by atoms with Crippen molar-refractivity contribution in [3.63, 3.8) is 0 Å². The lowest BCUT2D eigenvalue weighted by Gasteiger charge is -2.23. The second-order valence-corrected chi connectivity index (χ2v) is 12.5. The third kappa shape index (κ3) is 15.0. The number of carboxylic acid groups (broad SMARTS) is 1.